The molecule has 0 aliphatic carbocycles. The van der Waals surface area contributed by atoms with E-state index in [0.29, 0.717) is 5.39 Å². The molecule has 4 aromatic rings. The number of esters is 1. The van der Waals surface area contributed by atoms with Gasteiger partial charge < -0.3 is 19.1 Å². The maximum absolute atomic E-state index is 14.3. The van der Waals surface area contributed by atoms with Gasteiger partial charge in [0.05, 0.1) is 12.7 Å². The van der Waals surface area contributed by atoms with Crippen LogP contribution in [0.2, 0.25) is 0 Å². The molecule has 16 heteroatoms. The molecule has 0 bridgehead atoms. The van der Waals surface area contributed by atoms with Gasteiger partial charge in [0.25, 0.3) is 5.56 Å². The van der Waals surface area contributed by atoms with Crippen molar-refractivity contribution >= 4 is 24.5 Å². The molecular formula is C30H31N6O9P. The highest BCUT2D eigenvalue weighted by Gasteiger charge is 2.55. The zero-order valence-electron chi connectivity index (χ0n) is 24.8. The molecule has 2 heterocycles. The number of aromatic amines is 1. The first kappa shape index (κ1) is 32.6. The van der Waals surface area contributed by atoms with Crippen molar-refractivity contribution in [3.63, 3.8) is 0 Å². The molecule has 6 atom stereocenters. The lowest BCUT2D eigenvalue weighted by Gasteiger charge is -2.28. The quantitative estimate of drug-likeness (QED) is 0.0661. The van der Waals surface area contributed by atoms with Crippen molar-refractivity contribution in [1.82, 2.24) is 14.6 Å². The van der Waals surface area contributed by atoms with Crippen molar-refractivity contribution in [3.05, 3.63) is 122 Å². The molecule has 1 saturated heterocycles. The van der Waals surface area contributed by atoms with Crippen LogP contribution in [0.5, 0.6) is 5.75 Å². The van der Waals surface area contributed by atoms with Gasteiger partial charge in [0.2, 0.25) is 0 Å². The van der Waals surface area contributed by atoms with Gasteiger partial charge in [0.1, 0.15) is 30.0 Å². The van der Waals surface area contributed by atoms with Crippen molar-refractivity contribution in [1.29, 1.82) is 0 Å². The molecule has 0 radical (unpaired) electrons. The zero-order chi connectivity index (χ0) is 32.9. The fourth-order valence-corrected chi connectivity index (χ4v) is 6.53. The molecule has 46 heavy (non-hydrogen) atoms. The summed E-state index contributed by atoms with van der Waals surface area (Å²) in [6.45, 7) is 2.16. The fourth-order valence-electron chi connectivity index (χ4n) is 5.00. The van der Waals surface area contributed by atoms with Crippen LogP contribution >= 0.6 is 7.75 Å². The third-order valence-electron chi connectivity index (χ3n) is 7.42. The summed E-state index contributed by atoms with van der Waals surface area (Å²) in [6, 6.07) is 21.2. The van der Waals surface area contributed by atoms with E-state index in [2.05, 4.69) is 20.1 Å². The standard InChI is InChI=1S/C30H31N6O9P/c1-19(27(39)42-17-20-9-4-3-5-10-20)33-46(41,45-23-14-8-12-21-11-6-7-13-22(21)23)43-18-24-26(38)30(2,34-35-31)28(44-24)36-16-15-25(37)32-29(36)40/h3-16,19,24,26,28,38H,17-18H2,1-2H3,(H,33,41)(H,32,37,40)/t19-,24+,26+,28+,30+,46?/m0/s1. The van der Waals surface area contributed by atoms with Crippen LogP contribution in [0, 0.1) is 0 Å². The van der Waals surface area contributed by atoms with E-state index in [1.54, 1.807) is 48.5 Å². The number of carbonyl (C=O) groups excluding carboxylic acids is 1. The molecule has 3 aromatic carbocycles. The molecule has 5 rings (SSSR count). The summed E-state index contributed by atoms with van der Waals surface area (Å²) in [5.41, 5.74) is 6.70. The number of nitrogens with one attached hydrogen (secondary N) is 2. The van der Waals surface area contributed by atoms with Crippen LogP contribution in [0.4, 0.5) is 0 Å². The average molecular weight is 651 g/mol. The Hall–Kier alpha value is -4.75. The molecule has 1 unspecified atom stereocenters. The highest BCUT2D eigenvalue weighted by atomic mass is 31.2. The predicted molar refractivity (Wildman–Crippen MR) is 166 cm³/mol. The first-order valence-corrected chi connectivity index (χ1v) is 15.7. The highest BCUT2D eigenvalue weighted by molar-refractivity contribution is 7.52. The molecule has 0 amide bonds. The van der Waals surface area contributed by atoms with Crippen LogP contribution in [0.15, 0.2) is 99.8 Å². The van der Waals surface area contributed by atoms with Gasteiger partial charge in [-0.25, -0.2) is 9.36 Å². The number of aliphatic hydroxyl groups excluding tert-OH is 1. The van der Waals surface area contributed by atoms with Crippen LogP contribution in [0.1, 0.15) is 25.6 Å². The molecule has 1 aliphatic heterocycles. The maximum atomic E-state index is 14.3. The topological polar surface area (TPSA) is 207 Å². The van der Waals surface area contributed by atoms with Crippen molar-refractivity contribution in [2.24, 2.45) is 5.11 Å². The first-order valence-electron chi connectivity index (χ1n) is 14.1. The van der Waals surface area contributed by atoms with Gasteiger partial charge in [-0.1, -0.05) is 71.8 Å². The van der Waals surface area contributed by atoms with Crippen LogP contribution in [0.3, 0.4) is 0 Å². The Balaban J connectivity index is 1.40. The van der Waals surface area contributed by atoms with Gasteiger partial charge in [-0.15, -0.1) is 0 Å². The van der Waals surface area contributed by atoms with E-state index in [1.807, 2.05) is 24.3 Å². The number of ether oxygens (including phenoxy) is 2. The minimum atomic E-state index is -4.46. The van der Waals surface area contributed by atoms with Crippen LogP contribution in [-0.2, 0) is 30.0 Å². The second-order valence-electron chi connectivity index (χ2n) is 10.7. The van der Waals surface area contributed by atoms with E-state index >= 15 is 0 Å². The number of hydrogen-bond acceptors (Lipinski definition) is 10. The molecule has 0 spiro atoms. The summed E-state index contributed by atoms with van der Waals surface area (Å²) in [5, 5.41) is 18.9. The molecule has 15 nitrogen and oxygen atoms in total. The van der Waals surface area contributed by atoms with E-state index in [0.717, 1.165) is 27.8 Å². The van der Waals surface area contributed by atoms with E-state index in [4.69, 9.17) is 18.5 Å². The Bertz CT molecular complexity index is 1920. The van der Waals surface area contributed by atoms with Crippen molar-refractivity contribution in [2.45, 2.75) is 50.5 Å². The summed E-state index contributed by atoms with van der Waals surface area (Å²) < 4.78 is 38.3. The lowest BCUT2D eigenvalue weighted by molar-refractivity contribution is -0.146. The molecule has 1 fully saturated rings. The minimum absolute atomic E-state index is 0.0212. The summed E-state index contributed by atoms with van der Waals surface area (Å²) in [6.07, 6.45) is -3.14. The van der Waals surface area contributed by atoms with E-state index in [1.165, 1.54) is 13.8 Å². The molecular weight excluding hydrogens is 619 g/mol. The molecule has 3 N–H and O–H groups in total. The largest absolute Gasteiger partial charge is 0.460 e. The Labute approximate surface area is 261 Å². The van der Waals surface area contributed by atoms with Gasteiger partial charge >= 0.3 is 19.4 Å². The Morgan fingerprint density at radius 3 is 2.61 bits per heavy atom. The fraction of sp³-hybridized carbons (Fsp3) is 0.300. The highest BCUT2D eigenvalue weighted by Crippen LogP contribution is 2.48. The Kier molecular flexibility index (Phi) is 9.73. The molecule has 1 aliphatic rings. The van der Waals surface area contributed by atoms with Crippen LogP contribution < -0.4 is 20.9 Å². The summed E-state index contributed by atoms with van der Waals surface area (Å²) in [4.78, 5) is 42.0. The minimum Gasteiger partial charge on any atom is -0.460 e. The smallest absolute Gasteiger partial charge is 0.459 e. The van der Waals surface area contributed by atoms with Crippen LogP contribution in [-0.4, -0.2) is 51.0 Å². The van der Waals surface area contributed by atoms with Gasteiger partial charge in [-0.2, -0.15) is 5.09 Å². The summed E-state index contributed by atoms with van der Waals surface area (Å²) in [5.74, 6) is -0.553. The number of fused-ring (bicyclic) bond motifs is 1. The third-order valence-corrected chi connectivity index (χ3v) is 9.05. The molecule has 0 saturated carbocycles. The van der Waals surface area contributed by atoms with E-state index in [9.17, 15) is 29.6 Å². The Morgan fingerprint density at radius 1 is 1.15 bits per heavy atom. The number of nitrogens with zero attached hydrogens (tertiary/aromatic N) is 4. The average Bonchev–Trinajstić information content (AvgIpc) is 3.28. The predicted octanol–water partition coefficient (Wildman–Crippen LogP) is 3.94. The van der Waals surface area contributed by atoms with Crippen molar-refractivity contribution in [2.75, 3.05) is 6.61 Å². The van der Waals surface area contributed by atoms with Gasteiger partial charge in [-0.05, 0) is 36.4 Å². The number of hydrogen-bond donors (Lipinski definition) is 3. The molecule has 1 aromatic heterocycles. The van der Waals surface area contributed by atoms with Gasteiger partial charge in [0.15, 0.2) is 6.23 Å². The number of carbonyl (C=O) groups is 1. The maximum Gasteiger partial charge on any atom is 0.459 e. The lowest BCUT2D eigenvalue weighted by atomic mass is 9.93. The number of aromatic nitrogens is 2. The third kappa shape index (κ3) is 7.05. The van der Waals surface area contributed by atoms with Gasteiger partial charge in [-0.3, -0.25) is 23.7 Å². The second kappa shape index (κ2) is 13.7. The van der Waals surface area contributed by atoms with Gasteiger partial charge in [0, 0.05) is 22.6 Å². The van der Waals surface area contributed by atoms with Crippen LogP contribution in [0.25, 0.3) is 21.2 Å². The SMILES string of the molecule is C[C@H](NP(=O)(OC[C@H]1O[C@@H](n2ccc(=O)[nH]c2=O)[C@](C)(N=[N+]=[N-])[C@@H]1O)Oc1cccc2ccccc12)C(=O)OCc1ccccc1. The zero-order valence-corrected chi connectivity index (χ0v) is 25.7. The number of rotatable bonds is 12. The van der Waals surface area contributed by atoms with E-state index in [-0.39, 0.29) is 12.4 Å². The first-order chi connectivity index (χ1) is 22.0. The van der Waals surface area contributed by atoms with E-state index < -0.39 is 61.6 Å². The normalized spacial score (nSPS) is 22.8. The van der Waals surface area contributed by atoms with Crippen molar-refractivity contribution < 1.29 is 33.0 Å². The molecule has 240 valence electrons. The number of aliphatic hydroxyl groups is 1. The summed E-state index contributed by atoms with van der Waals surface area (Å²) >= 11 is 0. The number of benzene rings is 3. The lowest BCUT2D eigenvalue weighted by Crippen LogP contribution is -2.45. The Morgan fingerprint density at radius 2 is 1.87 bits per heavy atom. The number of azide groups is 1. The van der Waals surface area contributed by atoms with Crippen molar-refractivity contribution in [3.8, 4) is 5.75 Å². The number of H-pyrrole nitrogens is 1. The second-order valence-corrected chi connectivity index (χ2v) is 12.4. The monoisotopic (exact) mass is 650 g/mol. The summed E-state index contributed by atoms with van der Waals surface area (Å²) in [7, 11) is -4.46.